The monoisotopic (exact) mass is 2020 g/mol. The predicted octanol–water partition coefficient (Wildman–Crippen LogP) is 3.85. The molecule has 23 atom stereocenters. The van der Waals surface area contributed by atoms with E-state index in [2.05, 4.69) is 203 Å². The van der Waals surface area contributed by atoms with E-state index in [-0.39, 0.29) is 28.8 Å². The number of hydrogen-bond acceptors (Lipinski definition) is 36. The molecular formula is C89H149BrN18O18P6. The van der Waals surface area contributed by atoms with E-state index in [0.717, 1.165) is 61.8 Å². The van der Waals surface area contributed by atoms with Crippen LogP contribution >= 0.6 is 57.2 Å². The van der Waals surface area contributed by atoms with E-state index < -0.39 is 168 Å². The first-order valence-corrected chi connectivity index (χ1v) is 62.7. The lowest BCUT2D eigenvalue weighted by molar-refractivity contribution is -0.251. The van der Waals surface area contributed by atoms with Gasteiger partial charge in [0.1, 0.15) is 136 Å². The van der Waals surface area contributed by atoms with E-state index in [1.54, 1.807) is 75.6 Å². The Morgan fingerprint density at radius 2 is 0.720 bits per heavy atom. The molecule has 8 fully saturated rings. The van der Waals surface area contributed by atoms with Crippen molar-refractivity contribution >= 4 is 130 Å². The average molecular weight is 2030 g/mol. The Bertz CT molecular complexity index is 4890. The number of fused-ring (bicyclic) bond motifs is 4. The molecule has 14 aliphatic rings. The highest BCUT2D eigenvalue weighted by atomic mass is 79.9. The highest BCUT2D eigenvalue weighted by Crippen LogP contribution is 2.52. The zero-order valence-electron chi connectivity index (χ0n) is 79.3. The molecular weight excluding hydrogens is 1870 g/mol. The second-order valence-corrected chi connectivity index (χ2v) is 67.3. The van der Waals surface area contributed by atoms with Crippen LogP contribution in [-0.2, 0) is 37.9 Å². The molecule has 132 heavy (non-hydrogen) atoms. The van der Waals surface area contributed by atoms with Crippen molar-refractivity contribution in [2.75, 3.05) is 130 Å². The van der Waals surface area contributed by atoms with E-state index in [4.69, 9.17) is 72.3 Å². The summed E-state index contributed by atoms with van der Waals surface area (Å²) < 4.78 is 47.8. The first-order chi connectivity index (χ1) is 60.6. The lowest BCUT2D eigenvalue weighted by Gasteiger charge is -2.37. The lowest BCUT2D eigenvalue weighted by atomic mass is 9.94. The molecule has 4 bridgehead atoms. The molecule has 0 unspecified atom stereocenters. The van der Waals surface area contributed by atoms with Gasteiger partial charge in [-0.3, -0.25) is 0 Å². The Hall–Kier alpha value is -5.94. The lowest BCUT2D eigenvalue weighted by Crippen LogP contribution is -2.53. The zero-order valence-corrected chi connectivity index (χ0v) is 86.3. The fourth-order valence-corrected chi connectivity index (χ4v) is 22.9. The van der Waals surface area contributed by atoms with Gasteiger partial charge in [0.2, 0.25) is 5.79 Å². The van der Waals surface area contributed by atoms with Crippen LogP contribution < -0.4 is 34.4 Å². The third-order valence-electron chi connectivity index (χ3n) is 24.4. The van der Waals surface area contributed by atoms with Gasteiger partial charge in [-0.2, -0.15) is 0 Å². The Kier molecular flexibility index (Phi) is 35.2. The molecule has 0 saturated carbocycles. The molecule has 22 N–H and O–H groups in total. The van der Waals surface area contributed by atoms with Crippen LogP contribution in [-0.4, -0.2) is 427 Å². The fraction of sp³-hybridized carbons (Fsp3) is 0.596. The van der Waals surface area contributed by atoms with Crippen LogP contribution in [0.3, 0.4) is 0 Å². The quantitative estimate of drug-likeness (QED) is 0.0371. The second kappa shape index (κ2) is 42.4. The number of aliphatic hydroxyl groups is 10. The SMILES string of the molecule is C=C1N=C(N)C(C)=CN1[C@@H]1O[C@@]2(CCP(=C)(C)C)CO[C@@H]1[C@@H]2O.C=C1N=C(N)C=CN1[C@@H]1O[C@@]2(CCP(=C)(C)C)CO[C@@H]1[C@@H]2O.C=C1N=C(N)C=CN1[C@@H]1O[C@H](CCP(=C)(C)C)[C@@H](O)C1(O)O.C=C1N=C(N)C=CN1[C@@H]1O[C@H](CCP(=C)(C)C)[C@@H](O)[C@@]1(C)O.C=C1N=C(N)C=CN1[C@@H]1O[C@H](CCP(=C)(C)C)[C@@H](O)[C@H]1Br.C=C1N=C(N)C=CN1[C@@H]1O[C@](C)(CCP(=C)(C)C)[C@@H](O)[C@H]1O. The maximum Gasteiger partial charge on any atom is 0.239 e. The van der Waals surface area contributed by atoms with Gasteiger partial charge in [0.25, 0.3) is 0 Å². The third-order valence-corrected chi connectivity index (χ3v) is 34.1. The smallest absolute Gasteiger partial charge is 0.239 e. The van der Waals surface area contributed by atoms with Crippen LogP contribution in [0.4, 0.5) is 0 Å². The van der Waals surface area contributed by atoms with Gasteiger partial charge in [-0.25, -0.2) is 30.0 Å². The van der Waals surface area contributed by atoms with Crippen molar-refractivity contribution in [3.8, 4) is 0 Å². The van der Waals surface area contributed by atoms with Crippen LogP contribution in [0.2, 0.25) is 0 Å². The van der Waals surface area contributed by atoms with Crippen molar-refractivity contribution in [2.24, 2.45) is 64.4 Å². The molecule has 0 aromatic rings. The molecule has 0 aliphatic carbocycles. The number of hydrogen-bond donors (Lipinski definition) is 16. The molecule has 0 radical (unpaired) electrons. The first kappa shape index (κ1) is 110. The summed E-state index contributed by atoms with van der Waals surface area (Å²) in [4.78, 5) is 34.3. The summed E-state index contributed by atoms with van der Waals surface area (Å²) in [6.07, 6.45) is 40.7. The molecule has 36 nitrogen and oxygen atoms in total. The maximum absolute atomic E-state index is 10.7. The number of aliphatic hydroxyl groups excluding tert-OH is 7. The summed E-state index contributed by atoms with van der Waals surface area (Å²) in [5.41, 5.74) is 31.2. The zero-order chi connectivity index (χ0) is 99.0. The van der Waals surface area contributed by atoms with Gasteiger partial charge in [-0.15, -0.1) is 79.1 Å². The molecule has 14 heterocycles. The second-order valence-electron chi connectivity index (χ2n) is 40.4. The van der Waals surface area contributed by atoms with Gasteiger partial charge in [0.05, 0.1) is 48.1 Å². The van der Waals surface area contributed by atoms with Crippen molar-refractivity contribution in [1.29, 1.82) is 0 Å². The van der Waals surface area contributed by atoms with Crippen LogP contribution in [0.5, 0.6) is 0 Å². The summed E-state index contributed by atoms with van der Waals surface area (Å²) in [7, 11) is 0. The number of rotatable bonds is 24. The number of alkyl halides is 1. The minimum atomic E-state index is -2.43. The molecule has 0 aromatic heterocycles. The Labute approximate surface area is 788 Å². The molecule has 14 rings (SSSR count). The molecule has 8 saturated heterocycles. The fourth-order valence-electron chi connectivity index (χ4n) is 16.3. The van der Waals surface area contributed by atoms with Crippen LogP contribution in [0.1, 0.15) is 59.3 Å². The van der Waals surface area contributed by atoms with Crippen molar-refractivity contribution in [3.05, 3.63) is 148 Å². The van der Waals surface area contributed by atoms with Crippen LogP contribution in [0.25, 0.3) is 0 Å². The minimum absolute atomic E-state index is 0.204. The molecule has 14 aliphatic heterocycles. The molecule has 0 aromatic carbocycles. The van der Waals surface area contributed by atoms with Gasteiger partial charge < -0.3 is 153 Å². The van der Waals surface area contributed by atoms with E-state index in [1.807, 2.05) is 24.9 Å². The normalized spacial score (nSPS) is 35.3. The van der Waals surface area contributed by atoms with Crippen molar-refractivity contribution in [2.45, 2.75) is 203 Å². The number of halogens is 1. The van der Waals surface area contributed by atoms with E-state index in [9.17, 15) is 51.1 Å². The van der Waals surface area contributed by atoms with Gasteiger partial charge >= 0.3 is 0 Å². The summed E-state index contributed by atoms with van der Waals surface area (Å²) in [5.74, 6) is 2.30. The first-order valence-electron chi connectivity index (χ1n) is 43.4. The topological polar surface area (TPSA) is 526 Å². The maximum atomic E-state index is 10.7. The van der Waals surface area contributed by atoms with Crippen LogP contribution in [0, 0.1) is 0 Å². The van der Waals surface area contributed by atoms with Gasteiger partial charge in [0.15, 0.2) is 37.4 Å². The highest BCUT2D eigenvalue weighted by Gasteiger charge is 2.65. The third kappa shape index (κ3) is 27.1. The molecule has 0 amide bonds. The summed E-state index contributed by atoms with van der Waals surface area (Å²) >= 11 is 3.53. The Morgan fingerprint density at radius 1 is 0.394 bits per heavy atom. The van der Waals surface area contributed by atoms with Crippen molar-refractivity contribution in [3.63, 3.8) is 0 Å². The number of nitrogens with zero attached hydrogens (tertiary/aromatic N) is 12. The number of amidine groups is 6. The number of ether oxygens (including phenoxy) is 8. The minimum Gasteiger partial charge on any atom is -0.389 e. The van der Waals surface area contributed by atoms with E-state index in [1.165, 1.54) is 17.2 Å². The average Bonchev–Trinajstić information content (AvgIpc) is 1.58. The number of nitrogens with two attached hydrogens (primary N) is 6. The van der Waals surface area contributed by atoms with Gasteiger partial charge in [-0.1, -0.05) is 55.4 Å². The summed E-state index contributed by atoms with van der Waals surface area (Å²) in [6, 6.07) is 0. The predicted molar refractivity (Wildman–Crippen MR) is 554 cm³/mol. The van der Waals surface area contributed by atoms with Gasteiger partial charge in [-0.05, 0) is 207 Å². The van der Waals surface area contributed by atoms with E-state index in [0.29, 0.717) is 90.8 Å². The molecule has 0 spiro atoms. The number of aliphatic imine (C=N–C) groups is 6. The van der Waals surface area contributed by atoms with Crippen molar-refractivity contribution in [1.82, 2.24) is 29.4 Å². The van der Waals surface area contributed by atoms with E-state index >= 15 is 0 Å². The molecule has 740 valence electrons. The highest BCUT2D eigenvalue weighted by molar-refractivity contribution is 9.09. The summed E-state index contributed by atoms with van der Waals surface area (Å²) in [5, 5.41) is 104. The van der Waals surface area contributed by atoms with Crippen molar-refractivity contribution < 1.29 is 89.0 Å². The Morgan fingerprint density at radius 3 is 1.11 bits per heavy atom. The Balaban J connectivity index is 0.000000178. The van der Waals surface area contributed by atoms with Gasteiger partial charge in [0, 0.05) is 42.8 Å². The largest absolute Gasteiger partial charge is 0.389 e. The summed E-state index contributed by atoms with van der Waals surface area (Å²) in [6.45, 7) is 47.7. The van der Waals surface area contributed by atoms with Crippen LogP contribution in [0.15, 0.2) is 178 Å². The molecule has 43 heteroatoms. The standard InChI is InChI=1S/C16H26N3O3P.C15H24N3O3P.2C15H26N3O3P.C14H23BrN3O2P.C14H24N3O4P/c1-10-8-19(11(2)18-14(10)17)15-12-13(20)16(22-15,9-21-12)6-7-23(3,4)5;1-10-17-11(16)5-7-18(10)14-12-13(19)15(21-14,9-20-12)6-8-22(2,3)4;1-10-17-12(16)6-8-18(10)14-15(2,20)13(19)11(21-14)7-9-22(3,4)5;1-10-17-11(16)6-8-18(10)14-12(19)13(20)15(2,21-14)7-9-22(3,4)5;1-9-17-11(16)5-7-18(9)14-12(15)13(19)10(20-14)6-8-21(2,3)4;1-9-16-11(15)5-7-17(9)13-14(19,20)12(18)10(21-13)6-8-22(2,3)4/h8,12-13,15,20H,2-3,6-7,9H2,1,4-5H3,(H2,17,18);5,7,12-14,19H,1-2,6,8-9H2,3-4H3,(H2,16,17);6,8,11,13-14,19-20H,1,3,7,9H2,2,4-5H3,(H2,16,17);6,8,12-14,19-20H,1,3,7,9H2,2,4-5H3,(H2,16,17);5,7,10,12-14,19H,1-2,6,8H2,3-4H3,(H2,16,17);5,7,10,12-13,18-20H,1-2,6,8H2,3-4H3,(H2,15,16)/t12-,13+,15-,16+;12-,13+,14-,15+;11-,13-,14-,15-;12-,13+,14-,15-;10-,12-,13-,14-;10-,12-,13-/m111111/s1.